The Morgan fingerprint density at radius 1 is 1.10 bits per heavy atom. The Morgan fingerprint density at radius 3 is 2.83 bits per heavy atom. The van der Waals surface area contributed by atoms with E-state index in [1.165, 1.54) is 6.20 Å². The second-order valence-electron chi connectivity index (χ2n) is 6.34. The first-order valence-electron chi connectivity index (χ1n) is 9.11. The van der Waals surface area contributed by atoms with Crippen molar-refractivity contribution in [1.82, 2.24) is 9.97 Å². The van der Waals surface area contributed by atoms with Crippen LogP contribution < -0.4 is 24.8 Å². The second-order valence-corrected chi connectivity index (χ2v) is 6.34. The molecule has 148 valence electrons. The molecule has 2 aromatic carbocycles. The number of carbonyl (C=O) groups is 1. The number of rotatable bonds is 7. The van der Waals surface area contributed by atoms with E-state index in [-0.39, 0.29) is 18.4 Å². The maximum Gasteiger partial charge on any atom is 0.275 e. The highest BCUT2D eigenvalue weighted by atomic mass is 16.7. The molecule has 0 unspecified atom stereocenters. The van der Waals surface area contributed by atoms with E-state index in [2.05, 4.69) is 20.6 Å². The molecular formula is C21H20N4O4. The Balaban J connectivity index is 1.30. The normalized spacial score (nSPS) is 11.8. The number of amides is 1. The average molecular weight is 392 g/mol. The maximum absolute atomic E-state index is 12.4. The number of hydrogen-bond donors (Lipinski definition) is 2. The van der Waals surface area contributed by atoms with Gasteiger partial charge in [-0.3, -0.25) is 4.79 Å². The molecule has 0 saturated carbocycles. The fourth-order valence-corrected chi connectivity index (χ4v) is 2.87. The van der Waals surface area contributed by atoms with Gasteiger partial charge in [0.1, 0.15) is 17.3 Å². The van der Waals surface area contributed by atoms with Crippen LogP contribution in [0.15, 0.2) is 54.9 Å². The summed E-state index contributed by atoms with van der Waals surface area (Å²) in [7, 11) is 1.65. The zero-order chi connectivity index (χ0) is 20.1. The minimum atomic E-state index is -0.348. The maximum atomic E-state index is 12.4. The second kappa shape index (κ2) is 8.47. The Kier molecular flexibility index (Phi) is 5.42. The summed E-state index contributed by atoms with van der Waals surface area (Å²) in [6.07, 6.45) is 3.79. The van der Waals surface area contributed by atoms with Gasteiger partial charge in [-0.2, -0.15) is 0 Å². The third kappa shape index (κ3) is 4.55. The van der Waals surface area contributed by atoms with Crippen LogP contribution in [-0.2, 0) is 6.42 Å². The summed E-state index contributed by atoms with van der Waals surface area (Å²) in [6, 6.07) is 13.1. The molecule has 0 bridgehead atoms. The molecule has 3 aromatic rings. The molecular weight excluding hydrogens is 372 g/mol. The number of hydrogen-bond acceptors (Lipinski definition) is 7. The van der Waals surface area contributed by atoms with E-state index in [1.807, 2.05) is 24.3 Å². The fourth-order valence-electron chi connectivity index (χ4n) is 2.87. The lowest BCUT2D eigenvalue weighted by molar-refractivity contribution is 0.102. The molecule has 1 amide bonds. The molecule has 0 spiro atoms. The predicted octanol–water partition coefficient (Wildman–Crippen LogP) is 3.12. The van der Waals surface area contributed by atoms with Gasteiger partial charge in [0.05, 0.1) is 19.5 Å². The van der Waals surface area contributed by atoms with Gasteiger partial charge in [0.2, 0.25) is 6.79 Å². The lowest BCUT2D eigenvalue weighted by Crippen LogP contribution is -2.15. The summed E-state index contributed by atoms with van der Waals surface area (Å²) in [4.78, 5) is 20.8. The van der Waals surface area contributed by atoms with Crippen LogP contribution in [0.25, 0.3) is 0 Å². The molecule has 1 aliphatic heterocycles. The third-order valence-electron chi connectivity index (χ3n) is 4.37. The molecule has 1 aromatic heterocycles. The van der Waals surface area contributed by atoms with E-state index < -0.39 is 0 Å². The van der Waals surface area contributed by atoms with Gasteiger partial charge in [-0.15, -0.1) is 0 Å². The van der Waals surface area contributed by atoms with Gasteiger partial charge in [0, 0.05) is 18.3 Å². The Morgan fingerprint density at radius 2 is 2.00 bits per heavy atom. The van der Waals surface area contributed by atoms with Gasteiger partial charge in [-0.25, -0.2) is 9.97 Å². The van der Waals surface area contributed by atoms with Crippen LogP contribution >= 0.6 is 0 Å². The van der Waals surface area contributed by atoms with Crippen molar-refractivity contribution in [3.05, 3.63) is 66.1 Å². The molecule has 1 aliphatic rings. The van der Waals surface area contributed by atoms with Crippen molar-refractivity contribution in [2.24, 2.45) is 0 Å². The first-order chi connectivity index (χ1) is 14.2. The highest BCUT2D eigenvalue weighted by Crippen LogP contribution is 2.34. The molecule has 0 radical (unpaired) electrons. The van der Waals surface area contributed by atoms with Gasteiger partial charge in [0.15, 0.2) is 11.5 Å². The van der Waals surface area contributed by atoms with Crippen LogP contribution in [0.5, 0.6) is 17.2 Å². The van der Waals surface area contributed by atoms with E-state index in [9.17, 15) is 4.79 Å². The molecule has 2 heterocycles. The van der Waals surface area contributed by atoms with Crippen molar-refractivity contribution in [2.45, 2.75) is 6.42 Å². The van der Waals surface area contributed by atoms with Crippen molar-refractivity contribution in [1.29, 1.82) is 0 Å². The first-order valence-corrected chi connectivity index (χ1v) is 9.11. The minimum Gasteiger partial charge on any atom is -0.497 e. The summed E-state index contributed by atoms with van der Waals surface area (Å²) in [6.45, 7) is 0.870. The van der Waals surface area contributed by atoms with Gasteiger partial charge in [-0.1, -0.05) is 12.1 Å². The summed E-state index contributed by atoms with van der Waals surface area (Å²) in [5.74, 6) is 2.35. The average Bonchev–Trinajstić information content (AvgIpc) is 3.22. The van der Waals surface area contributed by atoms with Gasteiger partial charge in [0.25, 0.3) is 5.91 Å². The van der Waals surface area contributed by atoms with Gasteiger partial charge < -0.3 is 24.8 Å². The smallest absolute Gasteiger partial charge is 0.275 e. The monoisotopic (exact) mass is 392 g/mol. The van der Waals surface area contributed by atoms with Gasteiger partial charge >= 0.3 is 0 Å². The van der Waals surface area contributed by atoms with Crippen LogP contribution in [0.1, 0.15) is 16.1 Å². The molecule has 0 atom stereocenters. The lowest BCUT2D eigenvalue weighted by atomic mass is 10.1. The number of aromatic nitrogens is 2. The number of anilines is 2. The number of benzene rings is 2. The van der Waals surface area contributed by atoms with Crippen LogP contribution in [0.3, 0.4) is 0 Å². The first kappa shape index (κ1) is 18.5. The summed E-state index contributed by atoms with van der Waals surface area (Å²) in [5, 5.41) is 5.97. The van der Waals surface area contributed by atoms with E-state index >= 15 is 0 Å². The number of nitrogens with one attached hydrogen (secondary N) is 2. The van der Waals surface area contributed by atoms with E-state index in [0.29, 0.717) is 29.5 Å². The Labute approximate surface area is 167 Å². The highest BCUT2D eigenvalue weighted by Gasteiger charge is 2.15. The lowest BCUT2D eigenvalue weighted by Gasteiger charge is -2.08. The number of ether oxygens (including phenoxy) is 3. The van der Waals surface area contributed by atoms with Crippen molar-refractivity contribution in [3.63, 3.8) is 0 Å². The molecule has 0 saturated heterocycles. The predicted molar refractivity (Wildman–Crippen MR) is 108 cm³/mol. The molecule has 0 aliphatic carbocycles. The largest absolute Gasteiger partial charge is 0.497 e. The number of nitrogens with zero attached hydrogens (tertiary/aromatic N) is 2. The zero-order valence-electron chi connectivity index (χ0n) is 15.8. The SMILES string of the molecule is COc1cccc(CCNc2cnc(C(=O)Nc3ccc4c(c3)OCO4)cn2)c1. The van der Waals surface area contributed by atoms with E-state index in [4.69, 9.17) is 14.2 Å². The van der Waals surface area contributed by atoms with Crippen molar-refractivity contribution < 1.29 is 19.0 Å². The topological polar surface area (TPSA) is 94.6 Å². The van der Waals surface area contributed by atoms with E-state index in [1.54, 1.807) is 31.5 Å². The molecule has 2 N–H and O–H groups in total. The number of fused-ring (bicyclic) bond motifs is 1. The van der Waals surface area contributed by atoms with Crippen molar-refractivity contribution >= 4 is 17.4 Å². The summed E-state index contributed by atoms with van der Waals surface area (Å²) in [5.41, 5.74) is 1.98. The zero-order valence-corrected chi connectivity index (χ0v) is 15.8. The summed E-state index contributed by atoms with van der Waals surface area (Å²) >= 11 is 0. The number of methoxy groups -OCH3 is 1. The Bertz CT molecular complexity index is 1010. The molecule has 29 heavy (non-hydrogen) atoms. The quantitative estimate of drug-likeness (QED) is 0.638. The van der Waals surface area contributed by atoms with Crippen molar-refractivity contribution in [3.8, 4) is 17.2 Å². The number of carbonyl (C=O) groups excluding carboxylic acids is 1. The minimum absolute atomic E-state index is 0.185. The molecule has 4 rings (SSSR count). The van der Waals surface area contributed by atoms with Crippen LogP contribution in [0.2, 0.25) is 0 Å². The standard InChI is InChI=1S/C21H20N4O4/c1-27-16-4-2-3-14(9-16)7-8-22-20-12-23-17(11-24-20)21(26)25-15-5-6-18-19(10-15)29-13-28-18/h2-6,9-12H,7-8,13H2,1H3,(H,22,24)(H,25,26). The molecule has 8 nitrogen and oxygen atoms in total. The van der Waals surface area contributed by atoms with Crippen LogP contribution in [0, 0.1) is 0 Å². The van der Waals surface area contributed by atoms with Crippen LogP contribution in [-0.4, -0.2) is 36.3 Å². The van der Waals surface area contributed by atoms with Gasteiger partial charge in [-0.05, 0) is 36.2 Å². The van der Waals surface area contributed by atoms with Crippen molar-refractivity contribution in [2.75, 3.05) is 31.1 Å². The fraction of sp³-hybridized carbons (Fsp3) is 0.190. The Hall–Kier alpha value is -3.81. The van der Waals surface area contributed by atoms with Crippen LogP contribution in [0.4, 0.5) is 11.5 Å². The van der Waals surface area contributed by atoms with E-state index in [0.717, 1.165) is 17.7 Å². The third-order valence-corrected chi connectivity index (χ3v) is 4.37. The highest BCUT2D eigenvalue weighted by molar-refractivity contribution is 6.02. The summed E-state index contributed by atoms with van der Waals surface area (Å²) < 4.78 is 15.8. The molecule has 0 fully saturated rings. The molecule has 8 heteroatoms.